The van der Waals surface area contributed by atoms with E-state index in [1.807, 2.05) is 30.3 Å². The lowest BCUT2D eigenvalue weighted by molar-refractivity contribution is 1.06. The van der Waals surface area contributed by atoms with Crippen molar-refractivity contribution >= 4 is 35.6 Å². The normalized spacial score (nSPS) is 11.0. The molecule has 0 fully saturated rings. The maximum atomic E-state index is 5.98. The van der Waals surface area contributed by atoms with Crippen LogP contribution in [-0.4, -0.2) is 21.1 Å². The summed E-state index contributed by atoms with van der Waals surface area (Å²) in [6, 6.07) is 14.1. The van der Waals surface area contributed by atoms with Gasteiger partial charge in [0.05, 0.1) is 6.54 Å². The Morgan fingerprint density at radius 2 is 2.00 bits per heavy atom. The number of nitrogens with one attached hydrogen (secondary N) is 2. The zero-order chi connectivity index (χ0) is 16.9. The maximum absolute atomic E-state index is 5.98. The molecule has 1 heterocycles. The summed E-state index contributed by atoms with van der Waals surface area (Å²) in [5.74, 6) is 1.13. The Kier molecular flexibility index (Phi) is 6.51. The molecule has 130 valence electrons. The zero-order valence-corrected chi connectivity index (χ0v) is 16.5. The second-order valence-corrected chi connectivity index (χ2v) is 5.66. The fourth-order valence-electron chi connectivity index (χ4n) is 2.34. The summed E-state index contributed by atoms with van der Waals surface area (Å²) in [5, 5.41) is 9.84. The number of aromatic amines is 1. The van der Waals surface area contributed by atoms with Gasteiger partial charge in [-0.25, -0.2) is 9.98 Å². The minimum Gasteiger partial charge on any atom is -0.370 e. The summed E-state index contributed by atoms with van der Waals surface area (Å²) in [5.41, 5.74) is 11.4. The van der Waals surface area contributed by atoms with E-state index < -0.39 is 0 Å². The number of nitrogens with two attached hydrogens (primary N) is 1. The van der Waals surface area contributed by atoms with Gasteiger partial charge >= 0.3 is 0 Å². The molecule has 0 atom stereocenters. The minimum absolute atomic E-state index is 0. The SMILES string of the molecule is Cc1ccc(NC(N)=NCc2cccc(-c3ncn[nH]3)c2)cc1C.I. The Bertz CT molecular complexity index is 858. The topological polar surface area (TPSA) is 92.0 Å². The molecule has 3 rings (SSSR count). The number of H-pyrrole nitrogens is 1. The van der Waals surface area contributed by atoms with Gasteiger partial charge in [-0.15, -0.1) is 24.0 Å². The zero-order valence-electron chi connectivity index (χ0n) is 14.2. The van der Waals surface area contributed by atoms with Crippen LogP contribution >= 0.6 is 24.0 Å². The fraction of sp³-hybridized carbons (Fsp3) is 0.167. The molecule has 1 aromatic heterocycles. The monoisotopic (exact) mass is 448 g/mol. The lowest BCUT2D eigenvalue weighted by atomic mass is 10.1. The molecule has 4 N–H and O–H groups in total. The first-order chi connectivity index (χ1) is 11.6. The molecule has 0 saturated heterocycles. The van der Waals surface area contributed by atoms with Gasteiger partial charge < -0.3 is 11.1 Å². The van der Waals surface area contributed by atoms with Gasteiger partial charge in [-0.1, -0.05) is 24.3 Å². The lowest BCUT2D eigenvalue weighted by Crippen LogP contribution is -2.22. The number of hydrogen-bond acceptors (Lipinski definition) is 3. The molecule has 0 aliphatic carbocycles. The van der Waals surface area contributed by atoms with Crippen LogP contribution in [0.15, 0.2) is 53.8 Å². The Labute approximate surface area is 164 Å². The molecule has 0 radical (unpaired) electrons. The van der Waals surface area contributed by atoms with Crippen LogP contribution in [0.1, 0.15) is 16.7 Å². The van der Waals surface area contributed by atoms with Gasteiger partial charge in [0.25, 0.3) is 0 Å². The van der Waals surface area contributed by atoms with Gasteiger partial charge in [-0.05, 0) is 48.7 Å². The third kappa shape index (κ3) is 5.02. The van der Waals surface area contributed by atoms with Crippen LogP contribution in [0.4, 0.5) is 5.69 Å². The van der Waals surface area contributed by atoms with Crippen LogP contribution < -0.4 is 11.1 Å². The Morgan fingerprint density at radius 1 is 1.16 bits per heavy atom. The molecule has 3 aromatic rings. The summed E-state index contributed by atoms with van der Waals surface area (Å²) in [4.78, 5) is 8.56. The van der Waals surface area contributed by atoms with E-state index in [4.69, 9.17) is 5.73 Å². The molecule has 0 aliphatic rings. The van der Waals surface area contributed by atoms with Crippen molar-refractivity contribution in [1.82, 2.24) is 15.2 Å². The number of guanidine groups is 1. The molecule has 25 heavy (non-hydrogen) atoms. The number of aromatic nitrogens is 3. The second kappa shape index (κ2) is 8.61. The molecule has 0 saturated carbocycles. The van der Waals surface area contributed by atoms with E-state index in [0.717, 1.165) is 22.6 Å². The fourth-order valence-corrected chi connectivity index (χ4v) is 2.34. The Hall–Kier alpha value is -2.42. The van der Waals surface area contributed by atoms with Crippen molar-refractivity contribution in [3.05, 3.63) is 65.5 Å². The third-order valence-electron chi connectivity index (χ3n) is 3.83. The van der Waals surface area contributed by atoms with Crippen molar-refractivity contribution in [2.24, 2.45) is 10.7 Å². The van der Waals surface area contributed by atoms with Crippen LogP contribution in [0.25, 0.3) is 11.4 Å². The largest absolute Gasteiger partial charge is 0.370 e. The van der Waals surface area contributed by atoms with E-state index in [1.54, 1.807) is 0 Å². The van der Waals surface area contributed by atoms with Gasteiger partial charge in [0.1, 0.15) is 6.33 Å². The van der Waals surface area contributed by atoms with E-state index in [0.29, 0.717) is 12.5 Å². The molecular formula is C18H21IN6. The predicted molar refractivity (Wildman–Crippen MR) is 112 cm³/mol. The van der Waals surface area contributed by atoms with Crippen molar-refractivity contribution in [3.8, 4) is 11.4 Å². The van der Waals surface area contributed by atoms with E-state index in [-0.39, 0.29) is 24.0 Å². The summed E-state index contributed by atoms with van der Waals surface area (Å²) < 4.78 is 0. The number of hydrogen-bond donors (Lipinski definition) is 3. The first kappa shape index (κ1) is 18.9. The van der Waals surface area contributed by atoms with Crippen LogP contribution in [0.3, 0.4) is 0 Å². The minimum atomic E-state index is 0. The van der Waals surface area contributed by atoms with Crippen molar-refractivity contribution < 1.29 is 0 Å². The quantitative estimate of drug-likeness (QED) is 0.323. The summed E-state index contributed by atoms with van der Waals surface area (Å²) in [6.07, 6.45) is 1.49. The molecule has 6 nitrogen and oxygen atoms in total. The average molecular weight is 448 g/mol. The van der Waals surface area contributed by atoms with Gasteiger partial charge in [0.2, 0.25) is 0 Å². The molecule has 0 aliphatic heterocycles. The highest BCUT2D eigenvalue weighted by atomic mass is 127. The first-order valence-electron chi connectivity index (χ1n) is 7.71. The van der Waals surface area contributed by atoms with Crippen LogP contribution in [0.5, 0.6) is 0 Å². The second-order valence-electron chi connectivity index (χ2n) is 5.66. The first-order valence-corrected chi connectivity index (χ1v) is 7.71. The van der Waals surface area contributed by atoms with Crippen molar-refractivity contribution in [1.29, 1.82) is 0 Å². The van der Waals surface area contributed by atoms with Gasteiger partial charge in [0, 0.05) is 11.3 Å². The number of aliphatic imine (C=N–C) groups is 1. The van der Waals surface area contributed by atoms with Crippen molar-refractivity contribution in [3.63, 3.8) is 0 Å². The Morgan fingerprint density at radius 3 is 2.72 bits per heavy atom. The van der Waals surface area contributed by atoms with Gasteiger partial charge in [0.15, 0.2) is 11.8 Å². The Balaban J connectivity index is 0.00000225. The molecule has 2 aromatic carbocycles. The van der Waals surface area contributed by atoms with E-state index in [9.17, 15) is 0 Å². The van der Waals surface area contributed by atoms with Crippen LogP contribution in [0.2, 0.25) is 0 Å². The van der Waals surface area contributed by atoms with Crippen molar-refractivity contribution in [2.45, 2.75) is 20.4 Å². The third-order valence-corrected chi connectivity index (χ3v) is 3.83. The molecule has 7 heteroatoms. The summed E-state index contributed by atoms with van der Waals surface area (Å²) in [6.45, 7) is 4.65. The molecular weight excluding hydrogens is 427 g/mol. The van der Waals surface area contributed by atoms with Gasteiger partial charge in [-0.3, -0.25) is 5.10 Å². The highest BCUT2D eigenvalue weighted by Crippen LogP contribution is 2.16. The summed E-state index contributed by atoms with van der Waals surface area (Å²) >= 11 is 0. The smallest absolute Gasteiger partial charge is 0.193 e. The van der Waals surface area contributed by atoms with Crippen LogP contribution in [-0.2, 0) is 6.54 Å². The number of aryl methyl sites for hydroxylation is 2. The van der Waals surface area contributed by atoms with E-state index in [1.165, 1.54) is 17.5 Å². The summed E-state index contributed by atoms with van der Waals surface area (Å²) in [7, 11) is 0. The van der Waals surface area contributed by atoms with E-state index >= 15 is 0 Å². The van der Waals surface area contributed by atoms with Gasteiger partial charge in [-0.2, -0.15) is 5.10 Å². The van der Waals surface area contributed by atoms with Crippen molar-refractivity contribution in [2.75, 3.05) is 5.32 Å². The molecule has 0 spiro atoms. The van der Waals surface area contributed by atoms with Crippen LogP contribution in [0, 0.1) is 13.8 Å². The number of anilines is 1. The highest BCUT2D eigenvalue weighted by Gasteiger charge is 2.02. The highest BCUT2D eigenvalue weighted by molar-refractivity contribution is 14.0. The molecule has 0 unspecified atom stereocenters. The number of benzene rings is 2. The maximum Gasteiger partial charge on any atom is 0.193 e. The number of nitrogens with zero attached hydrogens (tertiary/aromatic N) is 3. The predicted octanol–water partition coefficient (Wildman–Crippen LogP) is 3.63. The number of rotatable bonds is 4. The molecule has 0 bridgehead atoms. The molecule has 0 amide bonds. The standard InChI is InChI=1S/C18H20N6.HI/c1-12-6-7-16(8-13(12)2)23-18(19)20-10-14-4-3-5-15(9-14)17-21-11-22-24-17;/h3-9,11H,10H2,1-2H3,(H3,19,20,23)(H,21,22,24);1H. The average Bonchev–Trinajstić information content (AvgIpc) is 3.11. The number of halogens is 1. The van der Waals surface area contributed by atoms with E-state index in [2.05, 4.69) is 51.5 Å². The lowest BCUT2D eigenvalue weighted by Gasteiger charge is -2.08.